The van der Waals surface area contributed by atoms with E-state index in [1.54, 1.807) is 17.1 Å². The maximum atomic E-state index is 12.6. The van der Waals surface area contributed by atoms with Gasteiger partial charge in [0.15, 0.2) is 0 Å². The first kappa shape index (κ1) is 18.6. The largest absolute Gasteiger partial charge is 0.350 e. The fraction of sp³-hybridized carbons (Fsp3) is 0.500. The van der Waals surface area contributed by atoms with E-state index in [9.17, 15) is 4.79 Å². The monoisotopic (exact) mass is 355 g/mol. The van der Waals surface area contributed by atoms with Gasteiger partial charge < -0.3 is 10.2 Å². The molecule has 0 radical (unpaired) electrons. The maximum absolute atomic E-state index is 12.6. The summed E-state index contributed by atoms with van der Waals surface area (Å²) >= 11 is 0. The van der Waals surface area contributed by atoms with Gasteiger partial charge in [0, 0.05) is 45.0 Å². The van der Waals surface area contributed by atoms with Gasteiger partial charge in [0.2, 0.25) is 0 Å². The van der Waals surface area contributed by atoms with E-state index in [2.05, 4.69) is 41.1 Å². The van der Waals surface area contributed by atoms with Gasteiger partial charge in [-0.3, -0.25) is 9.69 Å². The lowest BCUT2D eigenvalue weighted by Crippen LogP contribution is -2.54. The summed E-state index contributed by atoms with van der Waals surface area (Å²) in [4.78, 5) is 17.4. The van der Waals surface area contributed by atoms with Crippen molar-refractivity contribution in [3.8, 4) is 5.69 Å². The molecule has 0 aliphatic carbocycles. The molecule has 1 fully saturated rings. The van der Waals surface area contributed by atoms with Crippen LogP contribution in [0.3, 0.4) is 0 Å². The highest BCUT2D eigenvalue weighted by atomic mass is 16.1. The van der Waals surface area contributed by atoms with Crippen LogP contribution in [0.4, 0.5) is 0 Å². The summed E-state index contributed by atoms with van der Waals surface area (Å²) in [5.74, 6) is 0.428. The fourth-order valence-corrected chi connectivity index (χ4v) is 3.40. The first-order chi connectivity index (χ1) is 12.5. The Labute approximate surface area is 155 Å². The van der Waals surface area contributed by atoms with Crippen LogP contribution in [-0.4, -0.2) is 71.3 Å². The number of benzene rings is 1. The third-order valence-electron chi connectivity index (χ3n) is 5.11. The summed E-state index contributed by atoms with van der Waals surface area (Å²) in [5.41, 5.74) is 1.54. The van der Waals surface area contributed by atoms with Crippen molar-refractivity contribution < 1.29 is 4.79 Å². The molecular weight excluding hydrogens is 326 g/mol. The van der Waals surface area contributed by atoms with Gasteiger partial charge in [-0.15, -0.1) is 0 Å². The van der Waals surface area contributed by atoms with Gasteiger partial charge in [-0.05, 0) is 25.1 Å². The number of hydrogen-bond donors (Lipinski definition) is 1. The molecule has 0 bridgehead atoms. The van der Waals surface area contributed by atoms with Crippen molar-refractivity contribution >= 4 is 5.91 Å². The topological polar surface area (TPSA) is 53.4 Å². The Morgan fingerprint density at radius 1 is 1.15 bits per heavy atom. The molecule has 1 aliphatic heterocycles. The number of aromatic nitrogens is 2. The molecular formula is C20H29N5O. The van der Waals surface area contributed by atoms with Crippen LogP contribution in [0, 0.1) is 5.92 Å². The normalized spacial score (nSPS) is 17.4. The average molecular weight is 355 g/mol. The minimum atomic E-state index is -0.0630. The maximum Gasteiger partial charge on any atom is 0.254 e. The third kappa shape index (κ3) is 4.51. The van der Waals surface area contributed by atoms with Crippen LogP contribution in [0.15, 0.2) is 42.7 Å². The van der Waals surface area contributed by atoms with E-state index >= 15 is 0 Å². The summed E-state index contributed by atoms with van der Waals surface area (Å²) in [7, 11) is 2.16. The van der Waals surface area contributed by atoms with Crippen LogP contribution >= 0.6 is 0 Å². The number of rotatable bonds is 6. The summed E-state index contributed by atoms with van der Waals surface area (Å²) in [6.07, 6.45) is 3.41. The third-order valence-corrected chi connectivity index (χ3v) is 5.11. The number of nitrogens with one attached hydrogen (secondary N) is 1. The Hall–Kier alpha value is -2.18. The second kappa shape index (κ2) is 8.47. The molecule has 1 aromatic heterocycles. The molecule has 1 N–H and O–H groups in total. The van der Waals surface area contributed by atoms with Gasteiger partial charge in [0.1, 0.15) is 0 Å². The second-order valence-corrected chi connectivity index (χ2v) is 7.37. The molecule has 1 amide bonds. The Bertz CT molecular complexity index is 704. The van der Waals surface area contributed by atoms with Crippen molar-refractivity contribution in [2.45, 2.75) is 19.9 Å². The summed E-state index contributed by atoms with van der Waals surface area (Å²) < 4.78 is 1.73. The Morgan fingerprint density at radius 2 is 1.85 bits per heavy atom. The number of likely N-dealkylation sites (N-methyl/N-ethyl adjacent to an activating group) is 1. The lowest BCUT2D eigenvalue weighted by molar-refractivity contribution is 0.0791. The van der Waals surface area contributed by atoms with Crippen molar-refractivity contribution in [1.29, 1.82) is 0 Å². The van der Waals surface area contributed by atoms with Crippen LogP contribution in [0.2, 0.25) is 0 Å². The second-order valence-electron chi connectivity index (χ2n) is 7.37. The number of piperazine rings is 1. The highest BCUT2D eigenvalue weighted by Crippen LogP contribution is 2.13. The van der Waals surface area contributed by atoms with E-state index in [0.29, 0.717) is 24.1 Å². The highest BCUT2D eigenvalue weighted by molar-refractivity contribution is 5.93. The highest BCUT2D eigenvalue weighted by Gasteiger charge is 2.25. The van der Waals surface area contributed by atoms with Gasteiger partial charge >= 0.3 is 0 Å². The molecule has 0 saturated carbocycles. The Kier molecular flexibility index (Phi) is 6.06. The number of nitrogens with zero attached hydrogens (tertiary/aromatic N) is 4. The van der Waals surface area contributed by atoms with Crippen LogP contribution in [0.1, 0.15) is 24.2 Å². The van der Waals surface area contributed by atoms with Crippen molar-refractivity contribution in [1.82, 2.24) is 24.9 Å². The number of hydrogen-bond acceptors (Lipinski definition) is 4. The van der Waals surface area contributed by atoms with E-state index in [-0.39, 0.29) is 5.91 Å². The molecule has 1 atom stereocenters. The first-order valence-electron chi connectivity index (χ1n) is 9.35. The minimum Gasteiger partial charge on any atom is -0.350 e. The summed E-state index contributed by atoms with van der Waals surface area (Å²) in [5, 5.41) is 7.41. The molecule has 2 heterocycles. The standard InChI is InChI=1S/C20H29N5O/c1-16(2)19(24-11-9-23(3)10-12-24)14-21-20(26)17-13-22-25(15-17)18-7-5-4-6-8-18/h4-8,13,15-16,19H,9-12,14H2,1-3H3,(H,21,26). The number of carbonyl (C=O) groups is 1. The molecule has 1 unspecified atom stereocenters. The Morgan fingerprint density at radius 3 is 2.50 bits per heavy atom. The van der Waals surface area contributed by atoms with Crippen LogP contribution in [-0.2, 0) is 0 Å². The van der Waals surface area contributed by atoms with Gasteiger partial charge in [-0.2, -0.15) is 5.10 Å². The van der Waals surface area contributed by atoms with E-state index in [1.165, 1.54) is 0 Å². The molecule has 140 valence electrons. The van der Waals surface area contributed by atoms with Crippen LogP contribution < -0.4 is 5.32 Å². The van der Waals surface area contributed by atoms with Gasteiger partial charge in [0.05, 0.1) is 17.4 Å². The molecule has 6 nitrogen and oxygen atoms in total. The quantitative estimate of drug-likeness (QED) is 0.860. The Balaban J connectivity index is 1.59. The van der Waals surface area contributed by atoms with Crippen LogP contribution in [0.5, 0.6) is 0 Å². The van der Waals surface area contributed by atoms with E-state index in [1.807, 2.05) is 30.3 Å². The number of amides is 1. The van der Waals surface area contributed by atoms with E-state index < -0.39 is 0 Å². The molecule has 0 spiro atoms. The zero-order valence-corrected chi connectivity index (χ0v) is 15.9. The predicted molar refractivity (Wildman–Crippen MR) is 104 cm³/mol. The lowest BCUT2D eigenvalue weighted by atomic mass is 10.0. The van der Waals surface area contributed by atoms with Gasteiger partial charge in [0.25, 0.3) is 5.91 Å². The van der Waals surface area contributed by atoms with E-state index in [0.717, 1.165) is 31.9 Å². The predicted octanol–water partition coefficient (Wildman–Crippen LogP) is 1.87. The van der Waals surface area contributed by atoms with Crippen LogP contribution in [0.25, 0.3) is 5.69 Å². The zero-order chi connectivity index (χ0) is 18.5. The van der Waals surface area contributed by atoms with E-state index in [4.69, 9.17) is 0 Å². The van der Waals surface area contributed by atoms with Gasteiger partial charge in [-0.25, -0.2) is 4.68 Å². The van der Waals surface area contributed by atoms with Crippen molar-refractivity contribution in [2.75, 3.05) is 39.8 Å². The molecule has 6 heteroatoms. The lowest BCUT2D eigenvalue weighted by Gasteiger charge is -2.39. The zero-order valence-electron chi connectivity index (χ0n) is 15.9. The SMILES string of the molecule is CC(C)C(CNC(=O)c1cnn(-c2ccccc2)c1)N1CCN(C)CC1. The molecule has 2 aromatic rings. The average Bonchev–Trinajstić information content (AvgIpc) is 3.14. The van der Waals surface area contributed by atoms with Crippen molar-refractivity contribution in [2.24, 2.45) is 5.92 Å². The summed E-state index contributed by atoms with van der Waals surface area (Å²) in [6.45, 7) is 9.40. The fourth-order valence-electron chi connectivity index (χ4n) is 3.40. The molecule has 26 heavy (non-hydrogen) atoms. The number of para-hydroxylation sites is 1. The van der Waals surface area contributed by atoms with Crippen molar-refractivity contribution in [3.63, 3.8) is 0 Å². The van der Waals surface area contributed by atoms with Crippen molar-refractivity contribution in [3.05, 3.63) is 48.3 Å². The smallest absolute Gasteiger partial charge is 0.254 e. The number of carbonyl (C=O) groups excluding carboxylic acids is 1. The van der Waals surface area contributed by atoms with Gasteiger partial charge in [-0.1, -0.05) is 32.0 Å². The molecule has 1 aromatic carbocycles. The first-order valence-corrected chi connectivity index (χ1v) is 9.35. The molecule has 1 saturated heterocycles. The molecule has 3 rings (SSSR count). The summed E-state index contributed by atoms with van der Waals surface area (Å²) in [6, 6.07) is 10.2. The minimum absolute atomic E-state index is 0.0630. The molecule has 1 aliphatic rings.